The Morgan fingerprint density at radius 1 is 1.26 bits per heavy atom. The number of halogens is 1. The van der Waals surface area contributed by atoms with E-state index in [1.54, 1.807) is 0 Å². The first-order chi connectivity index (χ1) is 9.15. The van der Waals surface area contributed by atoms with Crippen LogP contribution in [0.25, 0.3) is 0 Å². The Balaban J connectivity index is 1.82. The molecule has 0 spiro atoms. The molecule has 0 radical (unpaired) electrons. The number of hydrogen-bond donors (Lipinski definition) is 1. The zero-order valence-electron chi connectivity index (χ0n) is 10.8. The van der Waals surface area contributed by atoms with E-state index >= 15 is 0 Å². The highest BCUT2D eigenvalue weighted by atomic mass is 35.5. The molecule has 98 valence electrons. The van der Waals surface area contributed by atoms with Crippen molar-refractivity contribution >= 4 is 11.6 Å². The molecule has 0 saturated carbocycles. The van der Waals surface area contributed by atoms with Gasteiger partial charge in [0.05, 0.1) is 6.04 Å². The van der Waals surface area contributed by atoms with Gasteiger partial charge in [-0.3, -0.25) is 0 Å². The average Bonchev–Trinajstić information content (AvgIpc) is 2.85. The van der Waals surface area contributed by atoms with E-state index in [4.69, 9.17) is 22.1 Å². The van der Waals surface area contributed by atoms with Gasteiger partial charge in [0.15, 0.2) is 0 Å². The first-order valence-electron chi connectivity index (χ1n) is 6.41. The summed E-state index contributed by atoms with van der Waals surface area (Å²) < 4.78 is 5.93. The van der Waals surface area contributed by atoms with Crippen molar-refractivity contribution in [1.82, 2.24) is 0 Å². The summed E-state index contributed by atoms with van der Waals surface area (Å²) >= 11 is 6.16. The smallest absolute Gasteiger partial charge is 0.123 e. The van der Waals surface area contributed by atoms with Crippen molar-refractivity contribution in [2.75, 3.05) is 0 Å². The molecule has 0 amide bonds. The van der Waals surface area contributed by atoms with Gasteiger partial charge in [-0.1, -0.05) is 41.9 Å². The Kier molecular flexibility index (Phi) is 3.21. The molecule has 1 aliphatic rings. The number of hydrogen-bond acceptors (Lipinski definition) is 2. The van der Waals surface area contributed by atoms with Crippen LogP contribution in [-0.2, 0) is 6.42 Å². The Labute approximate surface area is 118 Å². The third-order valence-corrected chi connectivity index (χ3v) is 4.06. The van der Waals surface area contributed by atoms with Crippen molar-refractivity contribution in [3.05, 3.63) is 64.2 Å². The highest BCUT2D eigenvalue weighted by Gasteiger charge is 2.28. The highest BCUT2D eigenvalue weighted by Crippen LogP contribution is 2.33. The number of fused-ring (bicyclic) bond motifs is 1. The Bertz CT molecular complexity index is 586. The minimum Gasteiger partial charge on any atom is -0.488 e. The van der Waals surface area contributed by atoms with Gasteiger partial charge in [-0.05, 0) is 35.7 Å². The molecule has 2 N–H and O–H groups in total. The second-order valence-electron chi connectivity index (χ2n) is 5.00. The van der Waals surface area contributed by atoms with E-state index < -0.39 is 0 Å². The zero-order chi connectivity index (χ0) is 13.4. The van der Waals surface area contributed by atoms with Crippen LogP contribution >= 0.6 is 11.6 Å². The van der Waals surface area contributed by atoms with E-state index in [0.717, 1.165) is 28.3 Å². The first-order valence-corrected chi connectivity index (χ1v) is 6.79. The molecule has 2 aromatic rings. The Morgan fingerprint density at radius 3 is 2.79 bits per heavy atom. The van der Waals surface area contributed by atoms with Gasteiger partial charge in [-0.25, -0.2) is 0 Å². The van der Waals surface area contributed by atoms with Crippen molar-refractivity contribution in [3.8, 4) is 5.75 Å². The number of aryl methyl sites for hydroxylation is 1. The lowest BCUT2D eigenvalue weighted by Crippen LogP contribution is -2.30. The number of ether oxygens (including phenoxy) is 1. The molecule has 19 heavy (non-hydrogen) atoms. The molecule has 3 rings (SSSR count). The van der Waals surface area contributed by atoms with Crippen molar-refractivity contribution in [3.63, 3.8) is 0 Å². The molecule has 0 aromatic heterocycles. The number of rotatable bonds is 2. The fourth-order valence-corrected chi connectivity index (χ4v) is 2.63. The standard InChI is InChI=1S/C16H16ClNO/c1-10-6-7-12(8-13(10)17)16(18)15-9-11-4-2-3-5-14(11)19-15/h2-8,15-16H,9,18H2,1H3. The van der Waals surface area contributed by atoms with E-state index in [9.17, 15) is 0 Å². The first kappa shape index (κ1) is 12.5. The number of nitrogens with two attached hydrogens (primary N) is 1. The van der Waals surface area contributed by atoms with Crippen molar-refractivity contribution in [1.29, 1.82) is 0 Å². The summed E-state index contributed by atoms with van der Waals surface area (Å²) in [5, 5.41) is 0.753. The molecule has 1 aliphatic heterocycles. The monoisotopic (exact) mass is 273 g/mol. The van der Waals surface area contributed by atoms with Gasteiger partial charge >= 0.3 is 0 Å². The molecule has 2 unspecified atom stereocenters. The number of benzene rings is 2. The van der Waals surface area contributed by atoms with Gasteiger partial charge in [0.25, 0.3) is 0 Å². The highest BCUT2D eigenvalue weighted by molar-refractivity contribution is 6.31. The average molecular weight is 274 g/mol. The minimum atomic E-state index is -0.162. The van der Waals surface area contributed by atoms with Crippen molar-refractivity contribution < 1.29 is 4.74 Å². The summed E-state index contributed by atoms with van der Waals surface area (Å²) in [6, 6.07) is 13.9. The van der Waals surface area contributed by atoms with Gasteiger partial charge in [-0.2, -0.15) is 0 Å². The molecular weight excluding hydrogens is 258 g/mol. The Morgan fingerprint density at radius 2 is 2.05 bits per heavy atom. The Hall–Kier alpha value is -1.51. The fraction of sp³-hybridized carbons (Fsp3) is 0.250. The quantitative estimate of drug-likeness (QED) is 0.906. The second-order valence-corrected chi connectivity index (χ2v) is 5.41. The predicted octanol–water partition coefficient (Wildman–Crippen LogP) is 3.65. The topological polar surface area (TPSA) is 35.2 Å². The van der Waals surface area contributed by atoms with Gasteiger partial charge < -0.3 is 10.5 Å². The van der Waals surface area contributed by atoms with E-state index in [2.05, 4.69) is 6.07 Å². The largest absolute Gasteiger partial charge is 0.488 e. The number of para-hydroxylation sites is 1. The maximum Gasteiger partial charge on any atom is 0.123 e. The van der Waals surface area contributed by atoms with Crippen LogP contribution in [-0.4, -0.2) is 6.10 Å². The third-order valence-electron chi connectivity index (χ3n) is 3.65. The summed E-state index contributed by atoms with van der Waals surface area (Å²) in [7, 11) is 0. The van der Waals surface area contributed by atoms with Crippen LogP contribution in [0.2, 0.25) is 5.02 Å². The molecule has 2 atom stereocenters. The molecule has 0 aliphatic carbocycles. The summed E-state index contributed by atoms with van der Waals surface area (Å²) in [6.07, 6.45) is 0.833. The molecular formula is C16H16ClNO. The van der Waals surface area contributed by atoms with Crippen LogP contribution < -0.4 is 10.5 Å². The molecule has 2 nitrogen and oxygen atoms in total. The predicted molar refractivity (Wildman–Crippen MR) is 77.7 cm³/mol. The lowest BCUT2D eigenvalue weighted by Gasteiger charge is -2.20. The maximum atomic E-state index is 6.32. The van der Waals surface area contributed by atoms with E-state index in [-0.39, 0.29) is 12.1 Å². The van der Waals surface area contributed by atoms with E-state index in [1.807, 2.05) is 43.3 Å². The van der Waals surface area contributed by atoms with E-state index in [0.29, 0.717) is 0 Å². The van der Waals surface area contributed by atoms with Crippen LogP contribution in [0.4, 0.5) is 0 Å². The van der Waals surface area contributed by atoms with Crippen LogP contribution in [0.3, 0.4) is 0 Å². The van der Waals surface area contributed by atoms with Gasteiger partial charge in [0, 0.05) is 11.4 Å². The molecule has 0 fully saturated rings. The summed E-state index contributed by atoms with van der Waals surface area (Å²) in [4.78, 5) is 0. The lowest BCUT2D eigenvalue weighted by atomic mass is 9.98. The summed E-state index contributed by atoms with van der Waals surface area (Å²) in [5.41, 5.74) is 9.62. The van der Waals surface area contributed by atoms with Crippen molar-refractivity contribution in [2.45, 2.75) is 25.5 Å². The van der Waals surface area contributed by atoms with Crippen LogP contribution in [0.1, 0.15) is 22.7 Å². The maximum absolute atomic E-state index is 6.32. The molecule has 3 heteroatoms. The SMILES string of the molecule is Cc1ccc(C(N)C2Cc3ccccc3O2)cc1Cl. The van der Waals surface area contributed by atoms with Crippen LogP contribution in [0.15, 0.2) is 42.5 Å². The molecule has 0 bridgehead atoms. The normalized spacial score (nSPS) is 18.8. The summed E-state index contributed by atoms with van der Waals surface area (Å²) in [6.45, 7) is 1.99. The lowest BCUT2D eigenvalue weighted by molar-refractivity contribution is 0.200. The van der Waals surface area contributed by atoms with Gasteiger partial charge in [0.2, 0.25) is 0 Å². The van der Waals surface area contributed by atoms with Crippen LogP contribution in [0, 0.1) is 6.92 Å². The van der Waals surface area contributed by atoms with E-state index in [1.165, 1.54) is 5.56 Å². The molecule has 2 aromatic carbocycles. The van der Waals surface area contributed by atoms with Crippen LogP contribution in [0.5, 0.6) is 5.75 Å². The molecule has 1 heterocycles. The van der Waals surface area contributed by atoms with Crippen molar-refractivity contribution in [2.24, 2.45) is 5.73 Å². The van der Waals surface area contributed by atoms with Gasteiger partial charge in [-0.15, -0.1) is 0 Å². The fourth-order valence-electron chi connectivity index (χ4n) is 2.44. The second kappa shape index (κ2) is 4.87. The zero-order valence-corrected chi connectivity index (χ0v) is 11.5. The van der Waals surface area contributed by atoms with Gasteiger partial charge in [0.1, 0.15) is 11.9 Å². The third kappa shape index (κ3) is 2.34. The molecule has 0 saturated heterocycles. The minimum absolute atomic E-state index is 0.0174. The summed E-state index contributed by atoms with van der Waals surface area (Å²) in [5.74, 6) is 0.946.